The van der Waals surface area contributed by atoms with Crippen LogP contribution in [-0.4, -0.2) is 69.6 Å². The molecule has 212 valence electrons. The molecule has 4 aromatic rings. The molecule has 3 aromatic carbocycles. The number of rotatable bonds is 10. The van der Waals surface area contributed by atoms with Crippen molar-refractivity contribution in [3.05, 3.63) is 89.1 Å². The summed E-state index contributed by atoms with van der Waals surface area (Å²) in [6.07, 6.45) is 2.90. The molecule has 0 saturated carbocycles. The number of anilines is 1. The molecule has 1 fully saturated rings. The van der Waals surface area contributed by atoms with Gasteiger partial charge in [0.05, 0.1) is 17.2 Å². The van der Waals surface area contributed by atoms with Gasteiger partial charge in [0.15, 0.2) is 0 Å². The lowest BCUT2D eigenvalue weighted by atomic mass is 9.77. The number of para-hydroxylation sites is 1. The van der Waals surface area contributed by atoms with Crippen LogP contribution in [0.1, 0.15) is 31.4 Å². The third kappa shape index (κ3) is 6.31. The summed E-state index contributed by atoms with van der Waals surface area (Å²) in [5, 5.41) is 1.66. The monoisotopic (exact) mass is 580 g/mol. The number of piperazine rings is 1. The number of nitrogens with zero attached hydrogens (tertiary/aromatic N) is 2. The lowest BCUT2D eigenvalue weighted by Crippen LogP contribution is -2.44. The zero-order chi connectivity index (χ0) is 28.3. The maximum Gasteiger partial charge on any atom is 0.261 e. The molecule has 1 aromatic heterocycles. The molecule has 7 nitrogen and oxygen atoms in total. The van der Waals surface area contributed by atoms with E-state index in [0.717, 1.165) is 61.2 Å². The van der Waals surface area contributed by atoms with Gasteiger partial charge in [0, 0.05) is 60.3 Å². The minimum absolute atomic E-state index is 0.184. The molecule has 0 atom stereocenters. The number of sulfonamides is 1. The zero-order valence-electron chi connectivity index (χ0n) is 23.3. The SMILES string of the molecule is CN1CCN(CCCOc2ccc(S(=O)(=O)Nc3ccccc3C(C)(C)c3c[nH]c4ccc(Cl)cc34)cc2)CC1. The highest BCUT2D eigenvalue weighted by Crippen LogP contribution is 2.40. The molecule has 0 spiro atoms. The average molecular weight is 581 g/mol. The molecule has 40 heavy (non-hydrogen) atoms. The van der Waals surface area contributed by atoms with Gasteiger partial charge in [-0.2, -0.15) is 0 Å². The smallest absolute Gasteiger partial charge is 0.261 e. The van der Waals surface area contributed by atoms with Gasteiger partial charge < -0.3 is 19.5 Å². The average Bonchev–Trinajstić information content (AvgIpc) is 3.36. The van der Waals surface area contributed by atoms with Crippen molar-refractivity contribution in [2.75, 3.05) is 51.1 Å². The standard InChI is InChI=1S/C31H37ClN4O3S/c1-31(2,28-22-33-29-14-9-23(32)21-26(28)29)27-7-4-5-8-30(27)34-40(37,38)25-12-10-24(11-13-25)39-20-6-15-36-18-16-35(3)17-19-36/h4-5,7-14,21-22,33-34H,6,15-20H2,1-3H3. The maximum atomic E-state index is 13.4. The van der Waals surface area contributed by atoms with E-state index < -0.39 is 15.4 Å². The van der Waals surface area contributed by atoms with Crippen molar-refractivity contribution in [1.29, 1.82) is 0 Å². The Bertz CT molecular complexity index is 1560. The predicted molar refractivity (Wildman–Crippen MR) is 163 cm³/mol. The molecule has 0 unspecified atom stereocenters. The van der Waals surface area contributed by atoms with Crippen molar-refractivity contribution in [3.63, 3.8) is 0 Å². The topological polar surface area (TPSA) is 77.7 Å². The normalized spacial score (nSPS) is 15.4. The van der Waals surface area contributed by atoms with Crippen molar-refractivity contribution in [2.45, 2.75) is 30.6 Å². The molecule has 2 heterocycles. The van der Waals surface area contributed by atoms with Crippen LogP contribution >= 0.6 is 11.6 Å². The van der Waals surface area contributed by atoms with E-state index in [1.54, 1.807) is 30.3 Å². The molecule has 0 bridgehead atoms. The number of ether oxygens (including phenoxy) is 1. The van der Waals surface area contributed by atoms with Crippen LogP contribution in [0.15, 0.2) is 77.8 Å². The Balaban J connectivity index is 1.26. The lowest BCUT2D eigenvalue weighted by molar-refractivity contribution is 0.145. The summed E-state index contributed by atoms with van der Waals surface area (Å²) >= 11 is 6.30. The van der Waals surface area contributed by atoms with E-state index in [1.807, 2.05) is 42.6 Å². The van der Waals surface area contributed by atoms with Gasteiger partial charge in [0.1, 0.15) is 5.75 Å². The van der Waals surface area contributed by atoms with Crippen LogP contribution in [0.5, 0.6) is 5.75 Å². The summed E-state index contributed by atoms with van der Waals surface area (Å²) < 4.78 is 35.5. The van der Waals surface area contributed by atoms with Crippen LogP contribution in [0.2, 0.25) is 5.02 Å². The van der Waals surface area contributed by atoms with E-state index in [9.17, 15) is 8.42 Å². The number of benzene rings is 3. The molecule has 0 radical (unpaired) electrons. The highest BCUT2D eigenvalue weighted by atomic mass is 35.5. The second-order valence-corrected chi connectivity index (χ2v) is 13.1. The van der Waals surface area contributed by atoms with Crippen molar-refractivity contribution in [1.82, 2.24) is 14.8 Å². The predicted octanol–water partition coefficient (Wildman–Crippen LogP) is 5.96. The zero-order valence-corrected chi connectivity index (χ0v) is 24.9. The quantitative estimate of drug-likeness (QED) is 0.226. The number of H-pyrrole nitrogens is 1. The number of aromatic amines is 1. The Morgan fingerprint density at radius 3 is 2.45 bits per heavy atom. The number of halogens is 1. The van der Waals surface area contributed by atoms with Crippen molar-refractivity contribution < 1.29 is 13.2 Å². The Hall–Kier alpha value is -3.04. The number of hydrogen-bond acceptors (Lipinski definition) is 5. The summed E-state index contributed by atoms with van der Waals surface area (Å²) in [4.78, 5) is 8.30. The van der Waals surface area contributed by atoms with E-state index in [2.05, 4.69) is 40.4 Å². The maximum absolute atomic E-state index is 13.4. The highest BCUT2D eigenvalue weighted by molar-refractivity contribution is 7.92. The fraction of sp³-hybridized carbons (Fsp3) is 0.355. The van der Waals surface area contributed by atoms with E-state index >= 15 is 0 Å². The number of likely N-dealkylation sites (N-methyl/N-ethyl adjacent to an activating group) is 1. The largest absolute Gasteiger partial charge is 0.494 e. The minimum atomic E-state index is -3.82. The Kier molecular flexibility index (Phi) is 8.42. The van der Waals surface area contributed by atoms with Gasteiger partial charge in [-0.25, -0.2) is 8.42 Å². The summed E-state index contributed by atoms with van der Waals surface area (Å²) in [5.41, 5.74) is 2.90. The van der Waals surface area contributed by atoms with Gasteiger partial charge >= 0.3 is 0 Å². The Labute approximate surface area is 242 Å². The highest BCUT2D eigenvalue weighted by Gasteiger charge is 2.30. The second kappa shape index (κ2) is 11.8. The molecule has 2 N–H and O–H groups in total. The third-order valence-electron chi connectivity index (χ3n) is 7.78. The fourth-order valence-corrected chi connectivity index (χ4v) is 6.59. The Morgan fingerprint density at radius 1 is 0.975 bits per heavy atom. The van der Waals surface area contributed by atoms with Gasteiger partial charge in [0.2, 0.25) is 0 Å². The molecule has 0 aliphatic carbocycles. The van der Waals surface area contributed by atoms with Crippen molar-refractivity contribution >= 4 is 38.2 Å². The van der Waals surface area contributed by atoms with Gasteiger partial charge in [-0.1, -0.05) is 43.6 Å². The van der Waals surface area contributed by atoms with E-state index in [-0.39, 0.29) is 4.90 Å². The van der Waals surface area contributed by atoms with Gasteiger partial charge in [-0.05, 0) is 73.1 Å². The number of aromatic nitrogens is 1. The number of hydrogen-bond donors (Lipinski definition) is 2. The molecule has 9 heteroatoms. The van der Waals surface area contributed by atoms with Gasteiger partial charge in [-0.3, -0.25) is 4.72 Å². The minimum Gasteiger partial charge on any atom is -0.494 e. The molecular weight excluding hydrogens is 544 g/mol. The van der Waals surface area contributed by atoms with Crippen LogP contribution in [0.3, 0.4) is 0 Å². The molecule has 5 rings (SSSR count). The van der Waals surface area contributed by atoms with Crippen LogP contribution in [-0.2, 0) is 15.4 Å². The molecule has 1 aliphatic heterocycles. The van der Waals surface area contributed by atoms with Gasteiger partial charge in [-0.15, -0.1) is 0 Å². The van der Waals surface area contributed by atoms with E-state index in [0.29, 0.717) is 23.1 Å². The summed E-state index contributed by atoms with van der Waals surface area (Å²) in [6.45, 7) is 10.1. The van der Waals surface area contributed by atoms with Crippen LogP contribution in [0.25, 0.3) is 10.9 Å². The van der Waals surface area contributed by atoms with Crippen LogP contribution in [0.4, 0.5) is 5.69 Å². The molecular formula is C31H37ClN4O3S. The van der Waals surface area contributed by atoms with E-state index in [4.69, 9.17) is 16.3 Å². The summed E-state index contributed by atoms with van der Waals surface area (Å²) in [6, 6.07) is 19.9. The first-order valence-corrected chi connectivity index (χ1v) is 15.5. The van der Waals surface area contributed by atoms with Crippen molar-refractivity contribution in [2.24, 2.45) is 0 Å². The van der Waals surface area contributed by atoms with Crippen LogP contribution < -0.4 is 9.46 Å². The first-order chi connectivity index (χ1) is 19.1. The Morgan fingerprint density at radius 2 is 1.70 bits per heavy atom. The molecule has 1 aliphatic rings. The van der Waals surface area contributed by atoms with E-state index in [1.165, 1.54) is 0 Å². The van der Waals surface area contributed by atoms with Gasteiger partial charge in [0.25, 0.3) is 10.0 Å². The summed E-state index contributed by atoms with van der Waals surface area (Å²) in [7, 11) is -1.67. The fourth-order valence-electron chi connectivity index (χ4n) is 5.34. The number of fused-ring (bicyclic) bond motifs is 1. The summed E-state index contributed by atoms with van der Waals surface area (Å²) in [5.74, 6) is 0.664. The lowest BCUT2D eigenvalue weighted by Gasteiger charge is -2.32. The van der Waals surface area contributed by atoms with Crippen molar-refractivity contribution in [3.8, 4) is 5.75 Å². The number of nitrogens with one attached hydrogen (secondary N) is 2. The molecule has 0 amide bonds. The van der Waals surface area contributed by atoms with Crippen LogP contribution in [0, 0.1) is 0 Å². The molecule has 1 saturated heterocycles. The first kappa shape index (κ1) is 28.5. The second-order valence-electron chi connectivity index (χ2n) is 11.0. The first-order valence-electron chi connectivity index (χ1n) is 13.7. The third-order valence-corrected chi connectivity index (χ3v) is 9.40.